The summed E-state index contributed by atoms with van der Waals surface area (Å²) in [6, 6.07) is 60.7. The molecular formula is C53H41N. The molecule has 0 heterocycles. The van der Waals surface area contributed by atoms with Crippen molar-refractivity contribution in [3.8, 4) is 33.4 Å². The van der Waals surface area contributed by atoms with E-state index >= 15 is 0 Å². The Labute approximate surface area is 318 Å². The number of hydrogen-bond acceptors (Lipinski definition) is 1. The smallest absolute Gasteiger partial charge is 0.0711 e. The Hall–Kier alpha value is -6.44. The number of para-hydroxylation sites is 1. The highest BCUT2D eigenvalue weighted by Gasteiger charge is 2.47. The summed E-state index contributed by atoms with van der Waals surface area (Å²) in [5.41, 5.74) is 19.2. The first kappa shape index (κ1) is 32.2. The normalized spacial score (nSPS) is 18.3. The van der Waals surface area contributed by atoms with Crippen LogP contribution in [-0.4, -0.2) is 0 Å². The van der Waals surface area contributed by atoms with Gasteiger partial charge < -0.3 is 4.90 Å². The monoisotopic (exact) mass is 691 g/mol. The van der Waals surface area contributed by atoms with Gasteiger partial charge in [0.1, 0.15) is 0 Å². The molecule has 0 bridgehead atoms. The van der Waals surface area contributed by atoms with Crippen molar-refractivity contribution in [2.75, 3.05) is 4.90 Å². The number of rotatable bonds is 4. The average Bonchev–Trinajstić information content (AvgIpc) is 3.66. The van der Waals surface area contributed by atoms with Crippen molar-refractivity contribution in [2.45, 2.75) is 31.1 Å². The molecule has 54 heavy (non-hydrogen) atoms. The maximum Gasteiger partial charge on any atom is 0.0711 e. The van der Waals surface area contributed by atoms with Gasteiger partial charge in [-0.05, 0) is 104 Å². The third-order valence-corrected chi connectivity index (χ3v) is 12.1. The van der Waals surface area contributed by atoms with Crippen LogP contribution in [0.5, 0.6) is 0 Å². The van der Waals surface area contributed by atoms with Gasteiger partial charge in [-0.25, -0.2) is 0 Å². The SMILES string of the molecule is C=C1/C=C\C=C/Cc2ccccc2C12c1ccccc1-c1ccc(N(c3ccc4c(c3)C(C)(C)c3ccccc3-4)c3ccccc3-c3ccccc3)cc12. The number of allylic oxidation sites excluding steroid dienone is 5. The van der Waals surface area contributed by atoms with Gasteiger partial charge in [-0.1, -0.05) is 178 Å². The Morgan fingerprint density at radius 2 is 1.04 bits per heavy atom. The summed E-state index contributed by atoms with van der Waals surface area (Å²) in [4.78, 5) is 2.49. The van der Waals surface area contributed by atoms with Crippen molar-refractivity contribution in [1.82, 2.24) is 0 Å². The van der Waals surface area contributed by atoms with E-state index < -0.39 is 5.41 Å². The fourth-order valence-electron chi connectivity index (χ4n) is 9.64. The minimum atomic E-state index is -0.562. The minimum Gasteiger partial charge on any atom is -0.310 e. The van der Waals surface area contributed by atoms with Crippen LogP contribution in [0, 0.1) is 0 Å². The van der Waals surface area contributed by atoms with Crippen LogP contribution in [-0.2, 0) is 17.3 Å². The van der Waals surface area contributed by atoms with Gasteiger partial charge in [0.05, 0.1) is 11.1 Å². The van der Waals surface area contributed by atoms with Crippen molar-refractivity contribution >= 4 is 17.1 Å². The van der Waals surface area contributed by atoms with Crippen LogP contribution < -0.4 is 4.90 Å². The van der Waals surface area contributed by atoms with E-state index in [0.29, 0.717) is 0 Å². The summed E-state index contributed by atoms with van der Waals surface area (Å²) in [5, 5.41) is 0. The average molecular weight is 692 g/mol. The summed E-state index contributed by atoms with van der Waals surface area (Å²) in [7, 11) is 0. The van der Waals surface area contributed by atoms with E-state index in [2.05, 4.69) is 207 Å². The third kappa shape index (κ3) is 4.64. The highest BCUT2D eigenvalue weighted by Crippen LogP contribution is 2.59. The second-order valence-electron chi connectivity index (χ2n) is 15.3. The summed E-state index contributed by atoms with van der Waals surface area (Å²) in [6.07, 6.45) is 9.66. The molecule has 0 aliphatic heterocycles. The molecule has 7 aromatic rings. The molecule has 0 saturated carbocycles. The van der Waals surface area contributed by atoms with Crippen molar-refractivity contribution < 1.29 is 0 Å². The van der Waals surface area contributed by atoms with Crippen LogP contribution in [0.15, 0.2) is 200 Å². The minimum absolute atomic E-state index is 0.130. The summed E-state index contributed by atoms with van der Waals surface area (Å²) >= 11 is 0. The van der Waals surface area contributed by atoms with E-state index in [0.717, 1.165) is 29.1 Å². The van der Waals surface area contributed by atoms with Crippen LogP contribution in [0.3, 0.4) is 0 Å². The maximum absolute atomic E-state index is 4.87. The van der Waals surface area contributed by atoms with E-state index in [1.165, 1.54) is 66.8 Å². The molecule has 0 saturated heterocycles. The van der Waals surface area contributed by atoms with Crippen LogP contribution in [0.1, 0.15) is 47.2 Å². The van der Waals surface area contributed by atoms with Crippen molar-refractivity contribution in [3.63, 3.8) is 0 Å². The van der Waals surface area contributed by atoms with Crippen LogP contribution in [0.4, 0.5) is 17.1 Å². The Morgan fingerprint density at radius 1 is 0.481 bits per heavy atom. The van der Waals surface area contributed by atoms with E-state index in [-0.39, 0.29) is 5.41 Å². The highest BCUT2D eigenvalue weighted by molar-refractivity contribution is 5.94. The number of hydrogen-bond donors (Lipinski definition) is 0. The van der Waals surface area contributed by atoms with Crippen molar-refractivity contribution in [3.05, 3.63) is 234 Å². The summed E-state index contributed by atoms with van der Waals surface area (Å²) in [6.45, 7) is 9.60. The van der Waals surface area contributed by atoms with Gasteiger partial charge >= 0.3 is 0 Å². The summed E-state index contributed by atoms with van der Waals surface area (Å²) in [5.74, 6) is 0. The van der Waals surface area contributed by atoms with Gasteiger partial charge in [0.25, 0.3) is 0 Å². The van der Waals surface area contributed by atoms with Gasteiger partial charge in [0, 0.05) is 22.4 Å². The summed E-state index contributed by atoms with van der Waals surface area (Å²) < 4.78 is 0. The quantitative estimate of drug-likeness (QED) is 0.178. The standard InChI is InChI=1S/C53H41N/c1-36-18-6-4-9-21-38-22-10-14-26-46(38)53(36)48-28-16-12-25-43(48)45-33-31-40(35-50(45)53)54(51-29-17-13-23-41(51)37-19-7-5-8-20-37)39-30-32-44-42-24-11-15-27-47(42)52(2,3)49(44)34-39/h4-20,22-35H,1,21H2,2-3H3/b9-4-,18-6-. The van der Waals surface area contributed by atoms with Crippen LogP contribution in [0.2, 0.25) is 0 Å². The first-order valence-electron chi connectivity index (χ1n) is 19.0. The van der Waals surface area contributed by atoms with Gasteiger partial charge in [-0.3, -0.25) is 0 Å². The molecule has 0 amide bonds. The van der Waals surface area contributed by atoms with E-state index in [4.69, 9.17) is 6.58 Å². The van der Waals surface area contributed by atoms with Crippen molar-refractivity contribution in [1.29, 1.82) is 0 Å². The second-order valence-corrected chi connectivity index (χ2v) is 15.3. The first-order valence-corrected chi connectivity index (χ1v) is 19.0. The van der Waals surface area contributed by atoms with Gasteiger partial charge in [0.15, 0.2) is 0 Å². The van der Waals surface area contributed by atoms with Gasteiger partial charge in [0.2, 0.25) is 0 Å². The van der Waals surface area contributed by atoms with Crippen molar-refractivity contribution in [2.24, 2.45) is 0 Å². The van der Waals surface area contributed by atoms with Crippen LogP contribution in [0.25, 0.3) is 33.4 Å². The molecule has 3 aliphatic rings. The zero-order chi connectivity index (χ0) is 36.4. The molecule has 7 aromatic carbocycles. The molecule has 258 valence electrons. The number of benzene rings is 7. The molecule has 10 rings (SSSR count). The predicted octanol–water partition coefficient (Wildman–Crippen LogP) is 13.7. The van der Waals surface area contributed by atoms with E-state index in [1.807, 2.05) is 0 Å². The zero-order valence-electron chi connectivity index (χ0n) is 30.8. The van der Waals surface area contributed by atoms with Gasteiger partial charge in [-0.15, -0.1) is 0 Å². The number of fused-ring (bicyclic) bond motifs is 10. The molecular weight excluding hydrogens is 651 g/mol. The largest absolute Gasteiger partial charge is 0.310 e. The molecule has 1 heteroatoms. The molecule has 3 aliphatic carbocycles. The lowest BCUT2D eigenvalue weighted by molar-refractivity contribution is 0.660. The lowest BCUT2D eigenvalue weighted by Gasteiger charge is -2.36. The Balaban J connectivity index is 1.26. The Morgan fingerprint density at radius 3 is 1.80 bits per heavy atom. The van der Waals surface area contributed by atoms with Gasteiger partial charge in [-0.2, -0.15) is 0 Å². The Bertz CT molecular complexity index is 2690. The molecule has 1 spiro atoms. The maximum atomic E-state index is 4.87. The lowest BCUT2D eigenvalue weighted by atomic mass is 9.66. The first-order chi connectivity index (χ1) is 26.5. The topological polar surface area (TPSA) is 3.24 Å². The lowest BCUT2D eigenvalue weighted by Crippen LogP contribution is -2.30. The molecule has 0 fully saturated rings. The molecule has 1 unspecified atom stereocenters. The van der Waals surface area contributed by atoms with Crippen LogP contribution >= 0.6 is 0 Å². The fraction of sp³-hybridized carbons (Fsp3) is 0.0943. The molecule has 0 radical (unpaired) electrons. The molecule has 1 atom stereocenters. The molecule has 0 N–H and O–H groups in total. The second kappa shape index (κ2) is 12.3. The van der Waals surface area contributed by atoms with E-state index in [9.17, 15) is 0 Å². The number of nitrogens with zero attached hydrogens (tertiary/aromatic N) is 1. The molecule has 0 aromatic heterocycles. The fourth-order valence-corrected chi connectivity index (χ4v) is 9.64. The zero-order valence-corrected chi connectivity index (χ0v) is 30.8. The van der Waals surface area contributed by atoms with E-state index in [1.54, 1.807) is 0 Å². The highest BCUT2D eigenvalue weighted by atomic mass is 15.1. The number of anilines is 3. The molecule has 1 nitrogen and oxygen atoms in total. The third-order valence-electron chi connectivity index (χ3n) is 12.1. The predicted molar refractivity (Wildman–Crippen MR) is 227 cm³/mol. The Kier molecular flexibility index (Phi) is 7.35.